The van der Waals surface area contributed by atoms with Crippen LogP contribution in [0.2, 0.25) is 0 Å². The summed E-state index contributed by atoms with van der Waals surface area (Å²) in [7, 11) is 0. The lowest BCUT2D eigenvalue weighted by Gasteiger charge is -2.45. The number of alkyl halides is 10. The molecule has 1 nitrogen and oxygen atoms in total. The third kappa shape index (κ3) is 3.01. The first-order valence-corrected chi connectivity index (χ1v) is 6.97. The molecule has 0 aromatic carbocycles. The maximum absolute atomic E-state index is 14.2. The molecule has 0 radical (unpaired) electrons. The van der Waals surface area contributed by atoms with Crippen molar-refractivity contribution in [1.29, 1.82) is 0 Å². The minimum atomic E-state index is -6.38. The quantitative estimate of drug-likeness (QED) is 0.526. The maximum Gasteiger partial charge on any atom is 0.433 e. The summed E-state index contributed by atoms with van der Waals surface area (Å²) in [4.78, 5) is -0.718. The fourth-order valence-electron chi connectivity index (χ4n) is 1.84. The second-order valence-electron chi connectivity index (χ2n) is 4.21. The lowest BCUT2D eigenvalue weighted by atomic mass is 9.79. The molecule has 0 amide bonds. The minimum Gasteiger partial charge on any atom is -0.322 e. The molecule has 1 aliphatic rings. The molecule has 0 saturated heterocycles. The molecule has 2 unspecified atom stereocenters. The molecule has 12 heteroatoms. The Morgan fingerprint density at radius 2 is 1.55 bits per heavy atom. The van der Waals surface area contributed by atoms with Gasteiger partial charge >= 0.3 is 18.0 Å². The van der Waals surface area contributed by atoms with Gasteiger partial charge in [0.1, 0.15) is 4.32 Å². The molecule has 0 spiro atoms. The summed E-state index contributed by atoms with van der Waals surface area (Å²) < 4.78 is 112. The van der Waals surface area contributed by atoms with Crippen molar-refractivity contribution in [3.63, 3.8) is 0 Å². The van der Waals surface area contributed by atoms with Gasteiger partial charge in [-0.05, 0) is 0 Å². The predicted molar refractivity (Wildman–Crippen MR) is 66.4 cm³/mol. The Kier molecular flexibility index (Phi) is 5.31. The molecule has 0 fully saturated rings. The number of thioether (sulfide) groups is 1. The lowest BCUT2D eigenvalue weighted by molar-refractivity contribution is -0.347. The van der Waals surface area contributed by atoms with Crippen LogP contribution in [0.3, 0.4) is 0 Å². The molecule has 2 atom stereocenters. The van der Waals surface area contributed by atoms with Gasteiger partial charge in [0, 0.05) is 4.91 Å². The van der Waals surface area contributed by atoms with Gasteiger partial charge in [0.15, 0.2) is 0 Å². The van der Waals surface area contributed by atoms with Crippen molar-refractivity contribution in [2.24, 2.45) is 5.73 Å². The Morgan fingerprint density at radius 3 is 1.91 bits per heavy atom. The van der Waals surface area contributed by atoms with Gasteiger partial charge in [-0.15, -0.1) is 0 Å². The van der Waals surface area contributed by atoms with Crippen LogP contribution in [0.4, 0.5) is 39.5 Å². The molecule has 0 aromatic rings. The highest BCUT2D eigenvalue weighted by Crippen LogP contribution is 2.59. The fourth-order valence-corrected chi connectivity index (χ4v) is 3.53. The van der Waals surface area contributed by atoms with Crippen LogP contribution in [-0.2, 0) is 0 Å². The van der Waals surface area contributed by atoms with E-state index in [1.807, 2.05) is 0 Å². The number of nitrogens with two attached hydrogens (primary N) is 1. The van der Waals surface area contributed by atoms with Crippen molar-refractivity contribution in [1.82, 2.24) is 0 Å². The van der Waals surface area contributed by atoms with E-state index in [0.717, 1.165) is 6.08 Å². The average Bonchev–Trinajstić information content (AvgIpc) is 2.30. The van der Waals surface area contributed by atoms with E-state index in [0.29, 0.717) is 6.08 Å². The molecular weight excluding hydrogens is 417 g/mol. The summed E-state index contributed by atoms with van der Waals surface area (Å²) in [5.74, 6) is -3.15. The van der Waals surface area contributed by atoms with E-state index in [2.05, 4.69) is 15.9 Å². The van der Waals surface area contributed by atoms with Gasteiger partial charge in [0.05, 0.1) is 6.04 Å². The van der Waals surface area contributed by atoms with E-state index in [1.54, 1.807) is 0 Å². The molecular formula is C10H7BrF9NS. The average molecular weight is 424 g/mol. The van der Waals surface area contributed by atoms with E-state index >= 15 is 0 Å². The number of allylic oxidation sites excluding steroid dienone is 2. The minimum absolute atomic E-state index is 0.216. The number of halogens is 10. The molecule has 1 rings (SSSR count). The Labute approximate surface area is 130 Å². The fraction of sp³-hybridized carbons (Fsp3) is 0.600. The Hall–Kier alpha value is -0.360. The summed E-state index contributed by atoms with van der Waals surface area (Å²) in [5, 5.41) is 0. The summed E-state index contributed by atoms with van der Waals surface area (Å²) in [6.45, 7) is 0. The first-order valence-electron chi connectivity index (χ1n) is 5.29. The van der Waals surface area contributed by atoms with Crippen molar-refractivity contribution in [3.8, 4) is 0 Å². The van der Waals surface area contributed by atoms with E-state index < -0.39 is 39.1 Å². The molecule has 22 heavy (non-hydrogen) atoms. The van der Waals surface area contributed by atoms with Crippen molar-refractivity contribution in [3.05, 3.63) is 23.1 Å². The van der Waals surface area contributed by atoms with Crippen molar-refractivity contribution < 1.29 is 39.5 Å². The first-order chi connectivity index (χ1) is 9.68. The van der Waals surface area contributed by atoms with Crippen molar-refractivity contribution in [2.45, 2.75) is 34.1 Å². The Bertz CT molecular complexity index is 470. The van der Waals surface area contributed by atoms with Crippen LogP contribution < -0.4 is 5.73 Å². The van der Waals surface area contributed by atoms with Crippen LogP contribution in [-0.4, -0.2) is 34.1 Å². The van der Waals surface area contributed by atoms with Gasteiger partial charge in [0.2, 0.25) is 0 Å². The van der Waals surface area contributed by atoms with Gasteiger partial charge in [0.25, 0.3) is 5.76 Å². The topological polar surface area (TPSA) is 26.0 Å². The highest BCUT2D eigenvalue weighted by Gasteiger charge is 2.82. The summed E-state index contributed by atoms with van der Waals surface area (Å²) in [5.41, 5.74) is -0.548. The largest absolute Gasteiger partial charge is 0.433 e. The third-order valence-electron chi connectivity index (χ3n) is 2.89. The Balaban J connectivity index is 3.44. The standard InChI is InChI=1S/C10H7BrF9NS/c11-7(8(14,9(15,16)17)10(18,19)20)3-1-2-4(5(7)21)22-6(12)13/h1-3,5-6H,21H2. The summed E-state index contributed by atoms with van der Waals surface area (Å²) >= 11 is 1.70. The van der Waals surface area contributed by atoms with E-state index in [-0.39, 0.29) is 17.8 Å². The van der Waals surface area contributed by atoms with Gasteiger partial charge < -0.3 is 5.73 Å². The molecule has 0 heterocycles. The summed E-state index contributed by atoms with van der Waals surface area (Å²) in [6.07, 6.45) is -11.1. The zero-order valence-electron chi connectivity index (χ0n) is 10.2. The van der Waals surface area contributed by atoms with Gasteiger partial charge in [-0.2, -0.15) is 35.1 Å². The normalized spacial score (nSPS) is 27.3. The second kappa shape index (κ2) is 5.93. The number of hydrogen-bond acceptors (Lipinski definition) is 2. The molecule has 2 N–H and O–H groups in total. The van der Waals surface area contributed by atoms with Crippen LogP contribution >= 0.6 is 27.7 Å². The van der Waals surface area contributed by atoms with Crippen molar-refractivity contribution >= 4 is 27.7 Å². The monoisotopic (exact) mass is 423 g/mol. The highest BCUT2D eigenvalue weighted by atomic mass is 79.9. The zero-order chi connectivity index (χ0) is 17.6. The van der Waals surface area contributed by atoms with Gasteiger partial charge in [-0.1, -0.05) is 45.9 Å². The molecule has 0 aromatic heterocycles. The molecule has 1 aliphatic carbocycles. The predicted octanol–water partition coefficient (Wildman–Crippen LogP) is 4.69. The van der Waals surface area contributed by atoms with Crippen LogP contribution in [0.1, 0.15) is 0 Å². The van der Waals surface area contributed by atoms with Crippen LogP contribution in [0, 0.1) is 0 Å². The van der Waals surface area contributed by atoms with E-state index in [4.69, 9.17) is 5.73 Å². The van der Waals surface area contributed by atoms with E-state index in [1.165, 1.54) is 0 Å². The van der Waals surface area contributed by atoms with Gasteiger partial charge in [-0.25, -0.2) is 4.39 Å². The highest BCUT2D eigenvalue weighted by molar-refractivity contribution is 9.10. The Morgan fingerprint density at radius 1 is 1.09 bits per heavy atom. The molecule has 128 valence electrons. The van der Waals surface area contributed by atoms with E-state index in [9.17, 15) is 39.5 Å². The number of hydrogen-bond donors (Lipinski definition) is 1. The summed E-state index contributed by atoms with van der Waals surface area (Å²) in [6, 6.07) is -2.33. The second-order valence-corrected chi connectivity index (χ2v) is 6.58. The lowest BCUT2D eigenvalue weighted by Crippen LogP contribution is -2.70. The van der Waals surface area contributed by atoms with Gasteiger partial charge in [-0.3, -0.25) is 0 Å². The zero-order valence-corrected chi connectivity index (χ0v) is 12.6. The molecule has 0 aliphatic heterocycles. The molecule has 0 bridgehead atoms. The smallest absolute Gasteiger partial charge is 0.322 e. The number of rotatable bonds is 3. The molecule has 0 saturated carbocycles. The van der Waals surface area contributed by atoms with Crippen molar-refractivity contribution in [2.75, 3.05) is 0 Å². The van der Waals surface area contributed by atoms with Crippen LogP contribution in [0.15, 0.2) is 23.1 Å². The SMILES string of the molecule is NC1C(SC(F)F)=CC=CC1(Br)C(F)(C(F)(F)F)C(F)(F)F. The third-order valence-corrected chi connectivity index (χ3v) is 5.04. The maximum atomic E-state index is 14.2. The first kappa shape index (κ1) is 19.7. The van der Waals surface area contributed by atoms with Crippen LogP contribution in [0.5, 0.6) is 0 Å². The van der Waals surface area contributed by atoms with Crippen LogP contribution in [0.25, 0.3) is 0 Å².